The van der Waals surface area contributed by atoms with Gasteiger partial charge in [0.15, 0.2) is 11.3 Å². The molecule has 28 heavy (non-hydrogen) atoms. The van der Waals surface area contributed by atoms with Gasteiger partial charge in [0.2, 0.25) is 0 Å². The van der Waals surface area contributed by atoms with Crippen LogP contribution in [0.15, 0.2) is 30.5 Å². The molecule has 0 aliphatic rings. The predicted molar refractivity (Wildman–Crippen MR) is 90.8 cm³/mol. The number of nitrogens with zero attached hydrogens (tertiary/aromatic N) is 4. The Morgan fingerprint density at radius 2 is 2.04 bits per heavy atom. The Morgan fingerprint density at radius 3 is 2.68 bits per heavy atom. The highest BCUT2D eigenvalue weighted by molar-refractivity contribution is 5.93. The van der Waals surface area contributed by atoms with Crippen molar-refractivity contribution in [2.45, 2.75) is 26.1 Å². The summed E-state index contributed by atoms with van der Waals surface area (Å²) in [5.74, 6) is -1.60. The lowest BCUT2D eigenvalue weighted by atomic mass is 10.0. The first kappa shape index (κ1) is 19.3. The van der Waals surface area contributed by atoms with Crippen LogP contribution in [-0.2, 0) is 0 Å². The second kappa shape index (κ2) is 6.92. The Labute approximate surface area is 156 Å². The number of nitrogens with one attached hydrogen (secondary N) is 1. The van der Waals surface area contributed by atoms with Gasteiger partial charge in [0, 0.05) is 5.56 Å². The molecule has 0 spiro atoms. The molecule has 3 rings (SSSR count). The summed E-state index contributed by atoms with van der Waals surface area (Å²) >= 11 is 0. The van der Waals surface area contributed by atoms with Gasteiger partial charge in [-0.25, -0.2) is 13.9 Å². The molecule has 2 heterocycles. The lowest BCUT2D eigenvalue weighted by Gasteiger charge is -2.16. The van der Waals surface area contributed by atoms with E-state index in [2.05, 4.69) is 10.1 Å². The fraction of sp³-hybridized carbons (Fsp3) is 0.222. The average molecular weight is 391 g/mol. The first-order valence-corrected chi connectivity index (χ1v) is 8.05. The van der Waals surface area contributed by atoms with Gasteiger partial charge in [-0.1, -0.05) is 0 Å². The Hall–Kier alpha value is -3.48. The molecular formula is C18H13F4N5O. The van der Waals surface area contributed by atoms with E-state index in [1.165, 1.54) is 6.07 Å². The lowest BCUT2D eigenvalue weighted by Crippen LogP contribution is -2.43. The third-order valence-corrected chi connectivity index (χ3v) is 4.10. The van der Waals surface area contributed by atoms with E-state index in [0.29, 0.717) is 5.56 Å². The maximum atomic E-state index is 13.7. The van der Waals surface area contributed by atoms with Crippen LogP contribution < -0.4 is 5.32 Å². The van der Waals surface area contributed by atoms with Crippen molar-refractivity contribution in [3.05, 3.63) is 53.1 Å². The maximum Gasteiger partial charge on any atom is 0.408 e. The molecular weight excluding hydrogens is 378 g/mol. The Kier molecular flexibility index (Phi) is 4.77. The molecule has 144 valence electrons. The number of carbonyl (C=O) groups excluding carboxylic acids is 1. The number of aromatic nitrogens is 3. The molecule has 0 unspecified atom stereocenters. The topological polar surface area (TPSA) is 83.1 Å². The van der Waals surface area contributed by atoms with E-state index in [9.17, 15) is 27.6 Å². The molecule has 10 heteroatoms. The van der Waals surface area contributed by atoms with Crippen LogP contribution in [0, 0.1) is 24.1 Å². The van der Waals surface area contributed by atoms with Crippen molar-refractivity contribution in [1.29, 1.82) is 5.26 Å². The molecule has 0 fully saturated rings. The summed E-state index contributed by atoms with van der Waals surface area (Å²) in [5, 5.41) is 15.3. The quantitative estimate of drug-likeness (QED) is 0.694. The van der Waals surface area contributed by atoms with Gasteiger partial charge < -0.3 is 5.32 Å². The van der Waals surface area contributed by atoms with Crippen molar-refractivity contribution in [2.24, 2.45) is 0 Å². The van der Waals surface area contributed by atoms with E-state index in [1.807, 2.05) is 11.4 Å². The predicted octanol–water partition coefficient (Wildman–Crippen LogP) is 3.40. The largest absolute Gasteiger partial charge is 0.408 e. The number of alkyl halides is 3. The number of benzene rings is 1. The zero-order chi connectivity index (χ0) is 20.6. The van der Waals surface area contributed by atoms with Crippen LogP contribution >= 0.6 is 0 Å². The first-order chi connectivity index (χ1) is 13.1. The highest BCUT2D eigenvalue weighted by atomic mass is 19.4. The number of carbonyl (C=O) groups is 1. The molecule has 2 aromatic heterocycles. The van der Waals surface area contributed by atoms with Crippen molar-refractivity contribution in [3.8, 4) is 17.3 Å². The summed E-state index contributed by atoms with van der Waals surface area (Å²) in [6.07, 6.45) is -3.50. The second-order valence-electron chi connectivity index (χ2n) is 6.13. The van der Waals surface area contributed by atoms with E-state index in [1.54, 1.807) is 13.0 Å². The SMILES string of the molecule is Cc1cc(-c2cc(F)ccc2C#N)nn2c(C(=O)N[C@@H](C)C(F)(F)F)cnc12. The molecule has 1 N–H and O–H groups in total. The van der Waals surface area contributed by atoms with Crippen LogP contribution in [-0.4, -0.2) is 32.7 Å². The average Bonchev–Trinajstić information content (AvgIpc) is 3.05. The number of fused-ring (bicyclic) bond motifs is 1. The number of halogens is 4. The monoisotopic (exact) mass is 391 g/mol. The third kappa shape index (κ3) is 3.51. The van der Waals surface area contributed by atoms with E-state index < -0.39 is 23.9 Å². The van der Waals surface area contributed by atoms with Gasteiger partial charge in [-0.2, -0.15) is 23.5 Å². The summed E-state index contributed by atoms with van der Waals surface area (Å²) in [7, 11) is 0. The van der Waals surface area contributed by atoms with Crippen molar-refractivity contribution in [2.75, 3.05) is 0 Å². The molecule has 1 aromatic carbocycles. The van der Waals surface area contributed by atoms with Crippen molar-refractivity contribution in [1.82, 2.24) is 19.9 Å². The second-order valence-corrected chi connectivity index (χ2v) is 6.13. The Bertz CT molecular complexity index is 1110. The smallest absolute Gasteiger partial charge is 0.339 e. The van der Waals surface area contributed by atoms with E-state index >= 15 is 0 Å². The number of hydrogen-bond donors (Lipinski definition) is 1. The summed E-state index contributed by atoms with van der Waals surface area (Å²) in [4.78, 5) is 16.3. The number of amides is 1. The highest BCUT2D eigenvalue weighted by Crippen LogP contribution is 2.25. The van der Waals surface area contributed by atoms with Gasteiger partial charge >= 0.3 is 6.18 Å². The van der Waals surface area contributed by atoms with Crippen LogP contribution in [0.1, 0.15) is 28.5 Å². The Balaban J connectivity index is 2.11. The Morgan fingerprint density at radius 1 is 1.32 bits per heavy atom. The molecule has 0 saturated heterocycles. The fourth-order valence-corrected chi connectivity index (χ4v) is 2.59. The van der Waals surface area contributed by atoms with E-state index in [0.717, 1.165) is 29.8 Å². The molecule has 0 aliphatic heterocycles. The van der Waals surface area contributed by atoms with Crippen LogP contribution in [0.3, 0.4) is 0 Å². The standard InChI is InChI=1S/C18H13F4N5O/c1-9-5-14(13-6-12(19)4-3-11(13)7-23)26-27-15(8-24-16(9)27)17(28)25-10(2)18(20,21)22/h3-6,8,10H,1-2H3,(H,25,28)/t10-/m0/s1. The van der Waals surface area contributed by atoms with Crippen LogP contribution in [0.5, 0.6) is 0 Å². The molecule has 1 amide bonds. The van der Waals surface area contributed by atoms with Crippen molar-refractivity contribution < 1.29 is 22.4 Å². The number of rotatable bonds is 3. The van der Waals surface area contributed by atoms with E-state index in [4.69, 9.17) is 0 Å². The molecule has 0 bridgehead atoms. The summed E-state index contributed by atoms with van der Waals surface area (Å²) in [6, 6.07) is 4.95. The van der Waals surface area contributed by atoms with Crippen LogP contribution in [0.2, 0.25) is 0 Å². The molecule has 0 radical (unpaired) electrons. The highest BCUT2D eigenvalue weighted by Gasteiger charge is 2.37. The zero-order valence-electron chi connectivity index (χ0n) is 14.7. The van der Waals surface area contributed by atoms with Gasteiger partial charge in [-0.15, -0.1) is 0 Å². The van der Waals surface area contributed by atoms with Crippen LogP contribution in [0.4, 0.5) is 17.6 Å². The van der Waals surface area contributed by atoms with Crippen molar-refractivity contribution in [3.63, 3.8) is 0 Å². The molecule has 1 atom stereocenters. The summed E-state index contributed by atoms with van der Waals surface area (Å²) in [5.41, 5.74) is 1.10. The van der Waals surface area contributed by atoms with Crippen molar-refractivity contribution >= 4 is 11.6 Å². The summed E-state index contributed by atoms with van der Waals surface area (Å²) in [6.45, 7) is 2.47. The van der Waals surface area contributed by atoms with Gasteiger partial charge in [-0.3, -0.25) is 4.79 Å². The number of imidazole rings is 1. The molecule has 0 aliphatic carbocycles. The number of aryl methyl sites for hydroxylation is 1. The summed E-state index contributed by atoms with van der Waals surface area (Å²) < 4.78 is 52.9. The number of hydrogen-bond acceptors (Lipinski definition) is 4. The molecule has 3 aromatic rings. The fourth-order valence-electron chi connectivity index (χ4n) is 2.59. The minimum absolute atomic E-state index is 0.157. The van der Waals surface area contributed by atoms with Gasteiger partial charge in [0.1, 0.15) is 11.9 Å². The lowest BCUT2D eigenvalue weighted by molar-refractivity contribution is -0.149. The normalized spacial score (nSPS) is 12.6. The van der Waals surface area contributed by atoms with Gasteiger partial charge in [0.25, 0.3) is 5.91 Å². The van der Waals surface area contributed by atoms with Gasteiger partial charge in [-0.05, 0) is 43.7 Å². The molecule has 6 nitrogen and oxygen atoms in total. The minimum atomic E-state index is -4.60. The zero-order valence-corrected chi connectivity index (χ0v) is 14.7. The van der Waals surface area contributed by atoms with Gasteiger partial charge in [0.05, 0.1) is 23.5 Å². The van der Waals surface area contributed by atoms with Crippen LogP contribution in [0.25, 0.3) is 16.9 Å². The first-order valence-electron chi connectivity index (χ1n) is 8.05. The number of nitriles is 1. The molecule has 0 saturated carbocycles. The maximum absolute atomic E-state index is 13.7. The third-order valence-electron chi connectivity index (χ3n) is 4.10. The minimum Gasteiger partial charge on any atom is -0.339 e. The van der Waals surface area contributed by atoms with E-state index in [-0.39, 0.29) is 28.2 Å².